The summed E-state index contributed by atoms with van der Waals surface area (Å²) in [6, 6.07) is 15.6. The zero-order valence-electron chi connectivity index (χ0n) is 17.0. The second-order valence-corrected chi connectivity index (χ2v) is 7.93. The lowest BCUT2D eigenvalue weighted by atomic mass is 10.0. The number of anilines is 2. The van der Waals surface area contributed by atoms with Gasteiger partial charge >= 0.3 is 0 Å². The van der Waals surface area contributed by atoms with Crippen LogP contribution in [0, 0.1) is 11.3 Å². The third-order valence-corrected chi connectivity index (χ3v) is 5.73. The molecule has 2 heterocycles. The molecule has 7 nitrogen and oxygen atoms in total. The Kier molecular flexibility index (Phi) is 6.38. The minimum absolute atomic E-state index is 0.255. The summed E-state index contributed by atoms with van der Waals surface area (Å²) in [6.07, 6.45) is 0.464. The Morgan fingerprint density at radius 2 is 1.90 bits per heavy atom. The SMILES string of the molecule is N#Cc1ccc(N2CCN(C[C@H](O)COc3ccc4c(c3)CCC(O)N4)CC2)cc1. The van der Waals surface area contributed by atoms with Gasteiger partial charge in [-0.1, -0.05) is 0 Å². The zero-order chi connectivity index (χ0) is 20.9. The van der Waals surface area contributed by atoms with Gasteiger partial charge in [-0.25, -0.2) is 0 Å². The van der Waals surface area contributed by atoms with E-state index in [4.69, 9.17) is 10.00 Å². The van der Waals surface area contributed by atoms with E-state index in [1.165, 1.54) is 0 Å². The summed E-state index contributed by atoms with van der Waals surface area (Å²) >= 11 is 0. The number of nitriles is 1. The van der Waals surface area contributed by atoms with Gasteiger partial charge in [0.15, 0.2) is 0 Å². The van der Waals surface area contributed by atoms with Crippen LogP contribution in [0.3, 0.4) is 0 Å². The van der Waals surface area contributed by atoms with E-state index in [0.717, 1.165) is 55.3 Å². The molecule has 0 spiro atoms. The highest BCUT2D eigenvalue weighted by molar-refractivity contribution is 5.56. The summed E-state index contributed by atoms with van der Waals surface area (Å²) in [7, 11) is 0. The summed E-state index contributed by atoms with van der Waals surface area (Å²) in [5.41, 5.74) is 3.88. The monoisotopic (exact) mass is 408 g/mol. The summed E-state index contributed by atoms with van der Waals surface area (Å²) in [5, 5.41) is 32.1. The predicted molar refractivity (Wildman–Crippen MR) is 116 cm³/mol. The first-order valence-corrected chi connectivity index (χ1v) is 10.5. The number of piperazine rings is 1. The molecule has 0 aromatic heterocycles. The number of aliphatic hydroxyl groups is 2. The van der Waals surface area contributed by atoms with Gasteiger partial charge in [0.1, 0.15) is 24.7 Å². The Morgan fingerprint density at radius 1 is 1.13 bits per heavy atom. The highest BCUT2D eigenvalue weighted by Gasteiger charge is 2.20. The van der Waals surface area contributed by atoms with Crippen LogP contribution < -0.4 is 15.0 Å². The molecule has 0 bridgehead atoms. The number of β-amino-alcohol motifs (C(OH)–C–C–N with tert-alkyl or cyclic N) is 1. The van der Waals surface area contributed by atoms with Crippen LogP contribution in [-0.4, -0.2) is 66.8 Å². The molecule has 0 saturated carbocycles. The van der Waals surface area contributed by atoms with Gasteiger partial charge in [0, 0.05) is 44.1 Å². The maximum absolute atomic E-state index is 10.4. The van der Waals surface area contributed by atoms with Gasteiger partial charge in [0.05, 0.1) is 11.6 Å². The maximum atomic E-state index is 10.4. The highest BCUT2D eigenvalue weighted by Crippen LogP contribution is 2.28. The molecule has 0 amide bonds. The quantitative estimate of drug-likeness (QED) is 0.671. The highest BCUT2D eigenvalue weighted by atomic mass is 16.5. The van der Waals surface area contributed by atoms with Crippen LogP contribution >= 0.6 is 0 Å². The Morgan fingerprint density at radius 3 is 2.63 bits per heavy atom. The van der Waals surface area contributed by atoms with Gasteiger partial charge in [0.25, 0.3) is 0 Å². The Labute approximate surface area is 177 Å². The van der Waals surface area contributed by atoms with Gasteiger partial charge in [-0.3, -0.25) is 4.90 Å². The molecule has 30 heavy (non-hydrogen) atoms. The molecule has 4 rings (SSSR count). The van der Waals surface area contributed by atoms with Crippen LogP contribution in [0.15, 0.2) is 42.5 Å². The van der Waals surface area contributed by atoms with E-state index in [-0.39, 0.29) is 6.61 Å². The lowest BCUT2D eigenvalue weighted by Crippen LogP contribution is -2.49. The number of hydrogen-bond donors (Lipinski definition) is 3. The molecule has 7 heteroatoms. The number of hydrogen-bond acceptors (Lipinski definition) is 7. The van der Waals surface area contributed by atoms with E-state index in [0.29, 0.717) is 18.5 Å². The van der Waals surface area contributed by atoms with Crippen molar-refractivity contribution >= 4 is 11.4 Å². The van der Waals surface area contributed by atoms with Crippen LogP contribution in [0.5, 0.6) is 5.75 Å². The number of benzene rings is 2. The van der Waals surface area contributed by atoms with Crippen LogP contribution in [0.25, 0.3) is 0 Å². The van der Waals surface area contributed by atoms with Gasteiger partial charge in [-0.15, -0.1) is 0 Å². The van der Waals surface area contributed by atoms with Crippen molar-refractivity contribution in [1.29, 1.82) is 5.26 Å². The molecule has 2 aliphatic heterocycles. The van der Waals surface area contributed by atoms with Gasteiger partial charge < -0.3 is 25.2 Å². The van der Waals surface area contributed by atoms with Crippen molar-refractivity contribution in [3.05, 3.63) is 53.6 Å². The molecule has 158 valence electrons. The maximum Gasteiger partial charge on any atom is 0.124 e. The number of aliphatic hydroxyl groups excluding tert-OH is 2. The average Bonchev–Trinajstić information content (AvgIpc) is 2.78. The number of nitrogens with zero attached hydrogens (tertiary/aromatic N) is 3. The fourth-order valence-electron chi connectivity index (χ4n) is 4.03. The van der Waals surface area contributed by atoms with E-state index in [1.54, 1.807) is 0 Å². The second kappa shape index (κ2) is 9.35. The van der Waals surface area contributed by atoms with Crippen LogP contribution in [0.4, 0.5) is 11.4 Å². The van der Waals surface area contributed by atoms with Crippen molar-refractivity contribution in [2.75, 3.05) is 49.5 Å². The van der Waals surface area contributed by atoms with Gasteiger partial charge in [-0.2, -0.15) is 5.26 Å². The standard InChI is InChI=1S/C23H28N4O3/c24-14-17-1-4-19(5-2-17)27-11-9-26(10-12-27)15-20(28)16-30-21-6-7-22-18(13-21)3-8-23(29)25-22/h1-2,4-7,13,20,23,25,28-29H,3,8-12,15-16H2/t20-,23?/m0/s1. The van der Waals surface area contributed by atoms with Gasteiger partial charge in [-0.05, 0) is 60.9 Å². The first kappa shape index (κ1) is 20.5. The van der Waals surface area contributed by atoms with Gasteiger partial charge in [0.2, 0.25) is 0 Å². The minimum Gasteiger partial charge on any atom is -0.491 e. The van der Waals surface area contributed by atoms with E-state index >= 15 is 0 Å². The second-order valence-electron chi connectivity index (χ2n) is 7.93. The molecule has 1 unspecified atom stereocenters. The summed E-state index contributed by atoms with van der Waals surface area (Å²) < 4.78 is 5.81. The molecule has 2 aromatic rings. The summed E-state index contributed by atoms with van der Waals surface area (Å²) in [5.74, 6) is 0.747. The fourth-order valence-corrected chi connectivity index (χ4v) is 4.03. The van der Waals surface area contributed by atoms with Crippen molar-refractivity contribution in [3.8, 4) is 11.8 Å². The first-order valence-electron chi connectivity index (χ1n) is 10.5. The molecule has 2 aliphatic rings. The van der Waals surface area contributed by atoms with Crippen LogP contribution in [0.1, 0.15) is 17.5 Å². The molecule has 2 aromatic carbocycles. The largest absolute Gasteiger partial charge is 0.491 e. The molecule has 3 N–H and O–H groups in total. The third kappa shape index (κ3) is 5.03. The van der Waals surface area contributed by atoms with Crippen molar-refractivity contribution in [2.24, 2.45) is 0 Å². The van der Waals surface area contributed by atoms with E-state index in [2.05, 4.69) is 21.2 Å². The van der Waals surface area contributed by atoms with Crippen molar-refractivity contribution in [2.45, 2.75) is 25.2 Å². The first-order chi connectivity index (χ1) is 14.6. The molecule has 2 atom stereocenters. The number of ether oxygens (including phenoxy) is 1. The minimum atomic E-state index is -0.553. The summed E-state index contributed by atoms with van der Waals surface area (Å²) in [4.78, 5) is 4.56. The molecular weight excluding hydrogens is 380 g/mol. The van der Waals surface area contributed by atoms with Crippen molar-refractivity contribution in [1.82, 2.24) is 4.90 Å². The number of fused-ring (bicyclic) bond motifs is 1. The third-order valence-electron chi connectivity index (χ3n) is 5.73. The topological polar surface area (TPSA) is 92.0 Å². The average molecular weight is 409 g/mol. The smallest absolute Gasteiger partial charge is 0.124 e. The van der Waals surface area contributed by atoms with Crippen LogP contribution in [-0.2, 0) is 6.42 Å². The number of nitrogens with one attached hydrogen (secondary N) is 1. The van der Waals surface area contributed by atoms with Crippen molar-refractivity contribution < 1.29 is 14.9 Å². The normalized spacial score (nSPS) is 20.0. The lowest BCUT2D eigenvalue weighted by Gasteiger charge is -2.36. The Balaban J connectivity index is 1.21. The van der Waals surface area contributed by atoms with E-state index < -0.39 is 12.3 Å². The predicted octanol–water partition coefficient (Wildman–Crippen LogP) is 1.80. The number of aryl methyl sites for hydroxylation is 1. The summed E-state index contributed by atoms with van der Waals surface area (Å²) in [6.45, 7) is 4.38. The lowest BCUT2D eigenvalue weighted by molar-refractivity contribution is 0.0663. The Hall–Kier alpha value is -2.79. The van der Waals surface area contributed by atoms with E-state index in [9.17, 15) is 10.2 Å². The van der Waals surface area contributed by atoms with Crippen molar-refractivity contribution in [3.63, 3.8) is 0 Å². The fraction of sp³-hybridized carbons (Fsp3) is 0.435. The molecule has 1 saturated heterocycles. The zero-order valence-corrected chi connectivity index (χ0v) is 17.0. The van der Waals surface area contributed by atoms with E-state index in [1.807, 2.05) is 42.5 Å². The number of rotatable bonds is 6. The molecule has 0 radical (unpaired) electrons. The van der Waals surface area contributed by atoms with Crippen LogP contribution in [0.2, 0.25) is 0 Å². The Bertz CT molecular complexity index is 888. The molecule has 1 fully saturated rings. The molecular formula is C23H28N4O3. The molecule has 0 aliphatic carbocycles.